The molecule has 9 rings (SSSR count). The van der Waals surface area contributed by atoms with Crippen molar-refractivity contribution in [3.8, 4) is 17.2 Å². The van der Waals surface area contributed by atoms with Crippen molar-refractivity contribution in [2.24, 2.45) is 5.92 Å². The Hall–Kier alpha value is -5.97. The van der Waals surface area contributed by atoms with E-state index in [9.17, 15) is 28.0 Å². The fourth-order valence-corrected chi connectivity index (χ4v) is 9.34. The van der Waals surface area contributed by atoms with E-state index in [2.05, 4.69) is 40.1 Å². The maximum absolute atomic E-state index is 13.9. The average molecular weight is 841 g/mol. The average Bonchev–Trinajstić information content (AvgIpc) is 3.83. The number of rotatable bonds is 10. The van der Waals surface area contributed by atoms with Crippen molar-refractivity contribution in [2.45, 2.75) is 76.2 Å². The Morgan fingerprint density at radius 2 is 1.67 bits per heavy atom. The van der Waals surface area contributed by atoms with Crippen molar-refractivity contribution < 1.29 is 42.2 Å². The van der Waals surface area contributed by atoms with Gasteiger partial charge in [-0.3, -0.25) is 29.2 Å². The Bertz CT molecular complexity index is 2330. The number of aromatic nitrogens is 2. The van der Waals surface area contributed by atoms with Gasteiger partial charge in [-0.15, -0.1) is 8.78 Å². The van der Waals surface area contributed by atoms with Crippen LogP contribution in [0.25, 0.3) is 10.9 Å². The van der Waals surface area contributed by atoms with Crippen molar-refractivity contribution in [3.63, 3.8) is 0 Å². The molecule has 4 saturated heterocycles. The number of amides is 4. The number of fused-ring (bicyclic) bond motifs is 2. The number of methoxy groups -OCH3 is 1. The fraction of sp³-hybridized carbons (Fsp3) is 0.477. The highest BCUT2D eigenvalue weighted by Crippen LogP contribution is 2.44. The second kappa shape index (κ2) is 16.8. The largest absolute Gasteiger partial charge is 0.586 e. The fourth-order valence-electron chi connectivity index (χ4n) is 9.34. The zero-order valence-corrected chi connectivity index (χ0v) is 34.1. The monoisotopic (exact) mass is 840 g/mol. The first-order chi connectivity index (χ1) is 29.5. The Kier molecular flexibility index (Phi) is 11.2. The standard InChI is InChI=1S/C44H50F2N8O7/c1-59-38-23-30(8-9-31(38)41(56)47-33-10-11-39(55)49-43(33)58)52-20-12-27(13-21-52)25-51-18-14-29(15-19-51)54-26-28-22-35(36(24-34(28)50-54)53-16-3-2-4-17-53)48-42(57)32-6-5-7-37-40(32)61-44(45,46)60-37/h5-9,22-24,26-27,29,33H,2-4,10-21,25H2,1H3,(H,47,56)(H,48,57)(H,49,55,58)/t33-/m0/s1. The van der Waals surface area contributed by atoms with Gasteiger partial charge in [-0.05, 0) is 93.7 Å². The number of benzene rings is 3. The van der Waals surface area contributed by atoms with Crippen LogP contribution in [0, 0.1) is 5.92 Å². The molecule has 4 fully saturated rings. The summed E-state index contributed by atoms with van der Waals surface area (Å²) in [5.41, 5.74) is 3.57. The number of nitrogens with zero attached hydrogens (tertiary/aromatic N) is 5. The van der Waals surface area contributed by atoms with Crippen LogP contribution in [0.4, 0.5) is 25.8 Å². The van der Waals surface area contributed by atoms with Gasteiger partial charge in [0.15, 0.2) is 11.5 Å². The quantitative estimate of drug-likeness (QED) is 0.168. The first-order valence-electron chi connectivity index (χ1n) is 21.3. The maximum atomic E-state index is 13.9. The van der Waals surface area contributed by atoms with Gasteiger partial charge in [-0.2, -0.15) is 5.10 Å². The Balaban J connectivity index is 0.803. The Morgan fingerprint density at radius 1 is 0.885 bits per heavy atom. The van der Waals surface area contributed by atoms with Crippen LogP contribution in [0.3, 0.4) is 0 Å². The van der Waals surface area contributed by atoms with E-state index < -0.39 is 30.1 Å². The summed E-state index contributed by atoms with van der Waals surface area (Å²) in [4.78, 5) is 57.5. The van der Waals surface area contributed by atoms with Gasteiger partial charge in [-0.25, -0.2) is 0 Å². The molecule has 5 aliphatic rings. The number of likely N-dealkylation sites (tertiary alicyclic amines) is 1. The molecule has 322 valence electrons. The van der Waals surface area contributed by atoms with Crippen LogP contribution in [0.5, 0.6) is 17.2 Å². The smallest absolute Gasteiger partial charge is 0.496 e. The SMILES string of the molecule is COc1cc(N2CCC(CN3CCC(n4cc5cc(NC(=O)c6cccc7c6OC(F)(F)O7)c(N6CCCCC6)cc5n4)CC3)CC2)ccc1C(=O)N[C@H]1CCC(=O)NC1=O. The molecule has 0 spiro atoms. The molecule has 0 aliphatic carbocycles. The van der Waals surface area contributed by atoms with E-state index in [1.54, 1.807) is 6.07 Å². The highest BCUT2D eigenvalue weighted by atomic mass is 19.3. The number of alkyl halides is 2. The molecule has 4 aromatic rings. The lowest BCUT2D eigenvalue weighted by Crippen LogP contribution is -2.52. The molecule has 3 N–H and O–H groups in total. The third kappa shape index (κ3) is 8.65. The summed E-state index contributed by atoms with van der Waals surface area (Å²) < 4.78 is 44.8. The molecular formula is C44H50F2N8O7. The van der Waals surface area contributed by atoms with Gasteiger partial charge < -0.3 is 39.5 Å². The molecule has 4 amide bonds. The number of nitrogens with one attached hydrogen (secondary N) is 3. The van der Waals surface area contributed by atoms with E-state index in [0.717, 1.165) is 113 Å². The predicted molar refractivity (Wildman–Crippen MR) is 223 cm³/mol. The molecule has 17 heteroatoms. The van der Waals surface area contributed by atoms with E-state index in [1.807, 2.05) is 30.5 Å². The van der Waals surface area contributed by atoms with Gasteiger partial charge in [0.1, 0.15) is 11.8 Å². The molecule has 0 radical (unpaired) electrons. The number of carbonyl (C=O) groups is 4. The number of ether oxygens (including phenoxy) is 3. The lowest BCUT2D eigenvalue weighted by molar-refractivity contribution is -0.286. The maximum Gasteiger partial charge on any atom is 0.586 e. The minimum Gasteiger partial charge on any atom is -0.496 e. The molecule has 0 saturated carbocycles. The minimum absolute atomic E-state index is 0.0311. The van der Waals surface area contributed by atoms with Crippen LogP contribution >= 0.6 is 0 Å². The van der Waals surface area contributed by atoms with E-state index in [0.29, 0.717) is 22.9 Å². The summed E-state index contributed by atoms with van der Waals surface area (Å²) in [7, 11) is 1.52. The normalized spacial score (nSPS) is 21.1. The van der Waals surface area contributed by atoms with E-state index in [-0.39, 0.29) is 41.9 Å². The minimum atomic E-state index is -3.83. The summed E-state index contributed by atoms with van der Waals surface area (Å²) in [5, 5.41) is 13.9. The number of hydrogen-bond donors (Lipinski definition) is 3. The zero-order valence-electron chi connectivity index (χ0n) is 34.1. The molecule has 15 nitrogen and oxygen atoms in total. The van der Waals surface area contributed by atoms with Crippen molar-refractivity contribution in [1.82, 2.24) is 25.3 Å². The lowest BCUT2D eigenvalue weighted by atomic mass is 9.94. The van der Waals surface area contributed by atoms with Gasteiger partial charge in [0.05, 0.1) is 41.2 Å². The van der Waals surface area contributed by atoms with Crippen molar-refractivity contribution >= 4 is 51.6 Å². The van der Waals surface area contributed by atoms with Gasteiger partial charge in [-0.1, -0.05) is 6.07 Å². The number of imide groups is 1. The van der Waals surface area contributed by atoms with E-state index in [1.165, 1.54) is 25.3 Å². The van der Waals surface area contributed by atoms with Crippen LogP contribution in [-0.2, 0) is 9.59 Å². The summed E-state index contributed by atoms with van der Waals surface area (Å²) in [5.74, 6) is -1.28. The van der Waals surface area contributed by atoms with E-state index >= 15 is 0 Å². The van der Waals surface area contributed by atoms with Crippen molar-refractivity contribution in [3.05, 3.63) is 65.9 Å². The summed E-state index contributed by atoms with van der Waals surface area (Å²) in [6, 6.07) is 13.2. The van der Waals surface area contributed by atoms with Gasteiger partial charge >= 0.3 is 6.29 Å². The number of piperidine rings is 4. The zero-order chi connectivity index (χ0) is 42.3. The molecule has 1 atom stereocenters. The third-order valence-corrected chi connectivity index (χ3v) is 12.7. The Morgan fingerprint density at radius 3 is 2.43 bits per heavy atom. The molecule has 61 heavy (non-hydrogen) atoms. The second-order valence-corrected chi connectivity index (χ2v) is 16.7. The molecule has 5 aliphatic heterocycles. The van der Waals surface area contributed by atoms with Gasteiger partial charge in [0.2, 0.25) is 11.8 Å². The van der Waals surface area contributed by atoms with Crippen molar-refractivity contribution in [1.29, 1.82) is 0 Å². The molecule has 3 aromatic carbocycles. The second-order valence-electron chi connectivity index (χ2n) is 16.7. The molecule has 6 heterocycles. The Labute approximate surface area is 351 Å². The molecule has 0 bridgehead atoms. The van der Waals surface area contributed by atoms with Crippen LogP contribution in [0.15, 0.2) is 54.7 Å². The summed E-state index contributed by atoms with van der Waals surface area (Å²) >= 11 is 0. The summed E-state index contributed by atoms with van der Waals surface area (Å²) in [6.45, 7) is 6.42. The first-order valence-corrected chi connectivity index (χ1v) is 21.3. The van der Waals surface area contributed by atoms with Gasteiger partial charge in [0.25, 0.3) is 11.8 Å². The highest BCUT2D eigenvalue weighted by Gasteiger charge is 2.45. The van der Waals surface area contributed by atoms with Crippen LogP contribution < -0.4 is 40.0 Å². The lowest BCUT2D eigenvalue weighted by Gasteiger charge is -2.38. The van der Waals surface area contributed by atoms with Crippen LogP contribution in [-0.4, -0.2) is 104 Å². The molecule has 1 aromatic heterocycles. The van der Waals surface area contributed by atoms with Gasteiger partial charge in [0, 0.05) is 75.6 Å². The van der Waals surface area contributed by atoms with E-state index in [4.69, 9.17) is 14.6 Å². The number of hydrogen-bond acceptors (Lipinski definition) is 11. The predicted octanol–water partition coefficient (Wildman–Crippen LogP) is 5.70. The number of anilines is 3. The van der Waals surface area contributed by atoms with Crippen LogP contribution in [0.2, 0.25) is 0 Å². The molecular weight excluding hydrogens is 791 g/mol. The first kappa shape index (κ1) is 40.4. The molecule has 0 unspecified atom stereocenters. The van der Waals surface area contributed by atoms with Crippen LogP contribution in [0.1, 0.15) is 84.5 Å². The highest BCUT2D eigenvalue weighted by molar-refractivity contribution is 6.09. The van der Waals surface area contributed by atoms with Crippen molar-refractivity contribution in [2.75, 3.05) is 68.0 Å². The summed E-state index contributed by atoms with van der Waals surface area (Å²) in [6.07, 6.45) is 5.87. The third-order valence-electron chi connectivity index (χ3n) is 12.7. The number of carbonyl (C=O) groups excluding carboxylic acids is 4. The topological polar surface area (TPSA) is 160 Å². The number of halogens is 2. The number of para-hydroxylation sites is 1.